The lowest BCUT2D eigenvalue weighted by Gasteiger charge is -2.20. The van der Waals surface area contributed by atoms with Gasteiger partial charge in [-0.15, -0.1) is 0 Å². The van der Waals surface area contributed by atoms with Crippen molar-refractivity contribution in [1.29, 1.82) is 0 Å². The van der Waals surface area contributed by atoms with Crippen LogP contribution in [0.1, 0.15) is 10.4 Å². The average Bonchev–Trinajstić information content (AvgIpc) is 2.28. The number of carbonyl (C=O) groups excluding carboxylic acids is 1. The molecule has 0 aromatic heterocycles. The van der Waals surface area contributed by atoms with Crippen molar-refractivity contribution in [3.05, 3.63) is 42.0 Å². The van der Waals surface area contributed by atoms with Crippen LogP contribution < -0.4 is 4.52 Å². The lowest BCUT2D eigenvalue weighted by molar-refractivity contribution is 0.0731. The fraction of sp³-hybridized carbons (Fsp3) is 0. The second-order valence-corrected chi connectivity index (χ2v) is 4.96. The van der Waals surface area contributed by atoms with Gasteiger partial charge in [0.25, 0.3) is 0 Å². The van der Waals surface area contributed by atoms with Crippen molar-refractivity contribution >= 4 is 35.7 Å². The van der Waals surface area contributed by atoms with Crippen LogP contribution in [-0.2, 0) is 4.52 Å². The predicted octanol–water partition coefficient (Wildman–Crippen LogP) is 3.85. The second-order valence-electron chi connectivity index (χ2n) is 3.34. The Labute approximate surface area is 97.6 Å². The monoisotopic (exact) mass is 252 g/mol. The van der Waals surface area contributed by atoms with Crippen molar-refractivity contribution in [1.82, 2.24) is 0 Å². The number of hydrogen-bond donors (Lipinski definition) is 0. The molecule has 0 spiro atoms. The third-order valence-electron chi connectivity index (χ3n) is 2.42. The molecule has 3 rings (SSSR count). The minimum atomic E-state index is -1.65. The van der Waals surface area contributed by atoms with Crippen LogP contribution >= 0.6 is 19.0 Å². The van der Waals surface area contributed by atoms with Crippen LogP contribution in [0.15, 0.2) is 36.4 Å². The van der Waals surface area contributed by atoms with Crippen molar-refractivity contribution < 1.29 is 13.8 Å². The summed E-state index contributed by atoms with van der Waals surface area (Å²) in [6.07, 6.45) is 0. The zero-order valence-corrected chi connectivity index (χ0v) is 9.66. The van der Waals surface area contributed by atoms with Crippen molar-refractivity contribution in [3.63, 3.8) is 0 Å². The minimum Gasteiger partial charge on any atom is -0.426 e. The molecule has 0 bridgehead atoms. The molecule has 80 valence electrons. The Balaban J connectivity index is 2.33. The minimum absolute atomic E-state index is 0.417. The molecule has 0 fully saturated rings. The largest absolute Gasteiger partial charge is 0.426 e. The van der Waals surface area contributed by atoms with Crippen molar-refractivity contribution in [2.45, 2.75) is 0 Å². The number of rotatable bonds is 0. The van der Waals surface area contributed by atoms with E-state index in [-0.39, 0.29) is 0 Å². The van der Waals surface area contributed by atoms with Crippen molar-refractivity contribution in [2.75, 3.05) is 0 Å². The van der Waals surface area contributed by atoms with Crippen molar-refractivity contribution in [3.8, 4) is 5.75 Å². The highest BCUT2D eigenvalue weighted by Crippen LogP contribution is 2.51. The summed E-state index contributed by atoms with van der Waals surface area (Å²) in [5.41, 5.74) is 0.456. The van der Waals surface area contributed by atoms with Gasteiger partial charge in [0.1, 0.15) is 11.3 Å². The summed E-state index contributed by atoms with van der Waals surface area (Å²) in [6, 6.07) is 11.2. The maximum atomic E-state index is 11.7. The van der Waals surface area contributed by atoms with E-state index >= 15 is 0 Å². The van der Waals surface area contributed by atoms with Gasteiger partial charge >= 0.3 is 13.7 Å². The Morgan fingerprint density at radius 1 is 1.06 bits per heavy atom. The van der Waals surface area contributed by atoms with Gasteiger partial charge in [-0.1, -0.05) is 30.3 Å². The van der Waals surface area contributed by atoms with E-state index in [2.05, 4.69) is 0 Å². The molecule has 1 aliphatic rings. The summed E-state index contributed by atoms with van der Waals surface area (Å²) in [4.78, 5) is 11.7. The Hall–Kier alpha value is -1.31. The fourth-order valence-electron chi connectivity index (χ4n) is 1.74. The molecule has 1 heterocycles. The Morgan fingerprint density at radius 3 is 2.75 bits per heavy atom. The van der Waals surface area contributed by atoms with Crippen LogP contribution in [0.4, 0.5) is 0 Å². The number of fused-ring (bicyclic) bond motifs is 3. The number of benzene rings is 2. The van der Waals surface area contributed by atoms with E-state index in [9.17, 15) is 4.79 Å². The summed E-state index contributed by atoms with van der Waals surface area (Å²) < 4.78 is 10.2. The number of hydrogen-bond acceptors (Lipinski definition) is 3. The molecule has 0 unspecified atom stereocenters. The van der Waals surface area contributed by atoms with E-state index in [0.29, 0.717) is 11.3 Å². The zero-order chi connectivity index (χ0) is 11.1. The van der Waals surface area contributed by atoms with E-state index in [1.165, 1.54) is 0 Å². The molecule has 1 aliphatic heterocycles. The standard InChI is InChI=1S/C11H6ClO3P/c12-16-14-9-6-5-7-3-1-2-4-8(7)10(9)11(13)15-16/h1-6H/t16-/m1/s1. The Bertz CT molecular complexity index is 584. The van der Waals surface area contributed by atoms with Crippen LogP contribution in [0.3, 0.4) is 0 Å². The van der Waals surface area contributed by atoms with E-state index in [0.717, 1.165) is 10.8 Å². The first-order chi connectivity index (χ1) is 7.75. The molecule has 5 heteroatoms. The Kier molecular flexibility index (Phi) is 2.23. The molecule has 0 radical (unpaired) electrons. The van der Waals surface area contributed by atoms with Crippen LogP contribution in [0.5, 0.6) is 5.75 Å². The summed E-state index contributed by atoms with van der Waals surface area (Å²) in [5, 5.41) is 1.80. The summed E-state index contributed by atoms with van der Waals surface area (Å²) in [5.74, 6) is 0.0789. The van der Waals surface area contributed by atoms with E-state index < -0.39 is 13.7 Å². The number of halogens is 1. The average molecular weight is 253 g/mol. The van der Waals surface area contributed by atoms with Gasteiger partial charge in [0, 0.05) is 0 Å². The number of carbonyl (C=O) groups is 1. The molecule has 0 aliphatic carbocycles. The maximum Gasteiger partial charge on any atom is 0.403 e. The maximum absolute atomic E-state index is 11.7. The molecule has 0 amide bonds. The molecular weight excluding hydrogens is 247 g/mol. The highest BCUT2D eigenvalue weighted by atomic mass is 35.7. The molecule has 1 atom stereocenters. The Morgan fingerprint density at radius 2 is 1.88 bits per heavy atom. The lowest BCUT2D eigenvalue weighted by atomic mass is 10.0. The molecule has 0 N–H and O–H groups in total. The highest BCUT2D eigenvalue weighted by Gasteiger charge is 2.29. The zero-order valence-electron chi connectivity index (χ0n) is 8.01. The van der Waals surface area contributed by atoms with E-state index in [1.54, 1.807) is 6.07 Å². The molecule has 16 heavy (non-hydrogen) atoms. The first-order valence-electron chi connectivity index (χ1n) is 4.63. The molecule has 0 saturated heterocycles. The first kappa shape index (κ1) is 9.88. The third-order valence-corrected chi connectivity index (χ3v) is 3.48. The van der Waals surface area contributed by atoms with Crippen LogP contribution in [0, 0.1) is 0 Å². The second kappa shape index (κ2) is 3.62. The van der Waals surface area contributed by atoms with Crippen molar-refractivity contribution in [2.24, 2.45) is 0 Å². The van der Waals surface area contributed by atoms with Gasteiger partial charge in [0.05, 0.1) is 0 Å². The lowest BCUT2D eigenvalue weighted by Crippen LogP contribution is -2.10. The van der Waals surface area contributed by atoms with Gasteiger partial charge in [-0.25, -0.2) is 4.79 Å². The normalized spacial score (nSPS) is 18.8. The van der Waals surface area contributed by atoms with E-state index in [1.807, 2.05) is 30.3 Å². The van der Waals surface area contributed by atoms with Gasteiger partial charge in [-0.05, 0) is 28.1 Å². The summed E-state index contributed by atoms with van der Waals surface area (Å²) in [7, 11) is -1.65. The predicted molar refractivity (Wildman–Crippen MR) is 62.8 cm³/mol. The molecule has 2 aromatic rings. The van der Waals surface area contributed by atoms with Gasteiger partial charge in [-0.3, -0.25) is 0 Å². The topological polar surface area (TPSA) is 35.5 Å². The summed E-state index contributed by atoms with van der Waals surface area (Å²) in [6.45, 7) is 0. The molecule has 3 nitrogen and oxygen atoms in total. The van der Waals surface area contributed by atoms with Gasteiger partial charge < -0.3 is 9.05 Å². The van der Waals surface area contributed by atoms with Crippen LogP contribution in [0.25, 0.3) is 10.8 Å². The molecule has 0 saturated carbocycles. The quantitative estimate of drug-likeness (QED) is 0.668. The first-order valence-corrected chi connectivity index (χ1v) is 6.72. The molecular formula is C11H6ClO3P. The van der Waals surface area contributed by atoms with Gasteiger partial charge in [-0.2, -0.15) is 0 Å². The third kappa shape index (κ3) is 1.44. The van der Waals surface area contributed by atoms with Gasteiger partial charge in [0.2, 0.25) is 0 Å². The van der Waals surface area contributed by atoms with Crippen LogP contribution in [-0.4, -0.2) is 5.97 Å². The van der Waals surface area contributed by atoms with E-state index in [4.69, 9.17) is 20.3 Å². The smallest absolute Gasteiger partial charge is 0.403 e. The van der Waals surface area contributed by atoms with Crippen LogP contribution in [0.2, 0.25) is 0 Å². The SMILES string of the molecule is O=C1O[P@](Cl)Oc2ccc3ccccc3c21. The molecule has 2 aromatic carbocycles. The fourth-order valence-corrected chi connectivity index (χ4v) is 2.72. The summed E-state index contributed by atoms with van der Waals surface area (Å²) >= 11 is 5.69. The van der Waals surface area contributed by atoms with Gasteiger partial charge in [0.15, 0.2) is 0 Å². The highest BCUT2D eigenvalue weighted by molar-refractivity contribution is 7.76.